The van der Waals surface area contributed by atoms with Gasteiger partial charge in [-0.3, -0.25) is 0 Å². The average Bonchev–Trinajstić information content (AvgIpc) is 3.36. The molecule has 0 aromatic heterocycles. The van der Waals surface area contributed by atoms with E-state index in [4.69, 9.17) is 23.7 Å². The van der Waals surface area contributed by atoms with Gasteiger partial charge in [0, 0.05) is 11.8 Å². The number of phenols is 1. The van der Waals surface area contributed by atoms with Crippen molar-refractivity contribution in [1.82, 2.24) is 0 Å². The molecule has 2 saturated heterocycles. The molecule has 0 saturated carbocycles. The Morgan fingerprint density at radius 3 is 2.23 bits per heavy atom. The van der Waals surface area contributed by atoms with E-state index in [2.05, 4.69) is 0 Å². The van der Waals surface area contributed by atoms with E-state index in [0.29, 0.717) is 19.0 Å². The third-order valence-corrected chi connectivity index (χ3v) is 5.52. The van der Waals surface area contributed by atoms with Crippen LogP contribution in [0, 0.1) is 11.8 Å². The van der Waals surface area contributed by atoms with Gasteiger partial charge in [0.1, 0.15) is 0 Å². The molecule has 6 nitrogen and oxygen atoms in total. The van der Waals surface area contributed by atoms with Crippen LogP contribution in [-0.4, -0.2) is 32.2 Å². The van der Waals surface area contributed by atoms with Gasteiger partial charge in [-0.25, -0.2) is 0 Å². The van der Waals surface area contributed by atoms with Crippen molar-refractivity contribution in [3.63, 3.8) is 0 Å². The Balaban J connectivity index is 1.39. The molecule has 0 spiro atoms. The number of benzene rings is 2. The predicted molar refractivity (Wildman–Crippen MR) is 91.6 cm³/mol. The summed E-state index contributed by atoms with van der Waals surface area (Å²) in [6.45, 7) is 1.52. The first-order valence-electron chi connectivity index (χ1n) is 8.74. The summed E-state index contributed by atoms with van der Waals surface area (Å²) in [5.74, 6) is 2.65. The topological polar surface area (TPSA) is 66.4 Å². The standard InChI is InChI=1S/C20H20O6/c1-22-16-4-2-11(6-15(16)21)19-13-8-24-20(14(13)9-23-19)12-3-5-17-18(7-12)26-10-25-17/h2-7,13-14,19-21H,8-10H2,1H3/t13-,14-,19+,20+/m0/s1. The molecule has 0 radical (unpaired) electrons. The third-order valence-electron chi connectivity index (χ3n) is 5.52. The number of rotatable bonds is 3. The Morgan fingerprint density at radius 2 is 1.54 bits per heavy atom. The molecule has 2 fully saturated rings. The fraction of sp³-hybridized carbons (Fsp3) is 0.400. The van der Waals surface area contributed by atoms with Crippen LogP contribution >= 0.6 is 0 Å². The molecule has 0 bridgehead atoms. The first kappa shape index (κ1) is 15.8. The van der Waals surface area contributed by atoms with E-state index in [9.17, 15) is 5.11 Å². The zero-order valence-corrected chi connectivity index (χ0v) is 14.4. The summed E-state index contributed by atoms with van der Waals surface area (Å²) in [6.07, 6.45) is -0.109. The van der Waals surface area contributed by atoms with Crippen molar-refractivity contribution in [3.8, 4) is 23.0 Å². The van der Waals surface area contributed by atoms with Crippen molar-refractivity contribution in [2.45, 2.75) is 12.2 Å². The molecule has 2 aromatic carbocycles. The molecule has 3 heterocycles. The quantitative estimate of drug-likeness (QED) is 0.911. The highest BCUT2D eigenvalue weighted by atomic mass is 16.7. The van der Waals surface area contributed by atoms with Gasteiger partial charge in [-0.05, 0) is 35.4 Å². The molecule has 0 aliphatic carbocycles. The van der Waals surface area contributed by atoms with E-state index in [-0.39, 0.29) is 36.6 Å². The molecule has 0 unspecified atom stereocenters. The van der Waals surface area contributed by atoms with Crippen molar-refractivity contribution in [2.24, 2.45) is 11.8 Å². The van der Waals surface area contributed by atoms with Crippen LogP contribution in [0.15, 0.2) is 36.4 Å². The van der Waals surface area contributed by atoms with E-state index in [1.54, 1.807) is 12.1 Å². The molecule has 1 N–H and O–H groups in total. The molecule has 3 aliphatic heterocycles. The van der Waals surface area contributed by atoms with Crippen LogP contribution in [0.3, 0.4) is 0 Å². The van der Waals surface area contributed by atoms with Crippen LogP contribution in [0.5, 0.6) is 23.0 Å². The summed E-state index contributed by atoms with van der Waals surface area (Å²) >= 11 is 0. The van der Waals surface area contributed by atoms with Crippen molar-refractivity contribution >= 4 is 0 Å². The minimum atomic E-state index is -0.0872. The number of aromatic hydroxyl groups is 1. The fourth-order valence-electron chi connectivity index (χ4n) is 4.21. The minimum absolute atomic E-state index is 0.0219. The van der Waals surface area contributed by atoms with Gasteiger partial charge in [-0.15, -0.1) is 0 Å². The van der Waals surface area contributed by atoms with E-state index in [1.165, 1.54) is 7.11 Å². The Hall–Kier alpha value is -2.44. The number of methoxy groups -OCH3 is 1. The lowest BCUT2D eigenvalue weighted by Crippen LogP contribution is -2.14. The summed E-state index contributed by atoms with van der Waals surface area (Å²) in [7, 11) is 1.54. The molecule has 5 rings (SSSR count). The molecular weight excluding hydrogens is 336 g/mol. The summed E-state index contributed by atoms with van der Waals surface area (Å²) < 4.78 is 28.2. The fourth-order valence-corrected chi connectivity index (χ4v) is 4.21. The zero-order valence-electron chi connectivity index (χ0n) is 14.4. The maximum absolute atomic E-state index is 10.1. The smallest absolute Gasteiger partial charge is 0.231 e. The second kappa shape index (κ2) is 6.07. The number of phenolic OH excluding ortho intramolecular Hbond substituents is 1. The number of hydrogen-bond donors (Lipinski definition) is 1. The average molecular weight is 356 g/mol. The van der Waals surface area contributed by atoms with Gasteiger partial charge in [0.25, 0.3) is 0 Å². The molecule has 3 aliphatic rings. The van der Waals surface area contributed by atoms with Gasteiger partial charge in [-0.2, -0.15) is 0 Å². The molecular formula is C20H20O6. The number of ether oxygens (including phenoxy) is 5. The lowest BCUT2D eigenvalue weighted by Gasteiger charge is -2.17. The highest BCUT2D eigenvalue weighted by Gasteiger charge is 2.48. The molecule has 2 aromatic rings. The van der Waals surface area contributed by atoms with Gasteiger partial charge < -0.3 is 28.8 Å². The first-order valence-corrected chi connectivity index (χ1v) is 8.74. The highest BCUT2D eigenvalue weighted by Crippen LogP contribution is 2.51. The van der Waals surface area contributed by atoms with Crippen LogP contribution < -0.4 is 14.2 Å². The Kier molecular flexibility index (Phi) is 3.69. The minimum Gasteiger partial charge on any atom is -0.504 e. The van der Waals surface area contributed by atoms with Crippen molar-refractivity contribution in [2.75, 3.05) is 27.1 Å². The highest BCUT2D eigenvalue weighted by molar-refractivity contribution is 5.46. The van der Waals surface area contributed by atoms with Crippen molar-refractivity contribution < 1.29 is 28.8 Å². The Bertz CT molecular complexity index is 835. The van der Waals surface area contributed by atoms with Crippen LogP contribution in [-0.2, 0) is 9.47 Å². The second-order valence-corrected chi connectivity index (χ2v) is 6.88. The maximum atomic E-state index is 10.1. The van der Waals surface area contributed by atoms with Gasteiger partial charge >= 0.3 is 0 Å². The molecule has 0 amide bonds. The monoisotopic (exact) mass is 356 g/mol. The predicted octanol–water partition coefficient (Wildman–Crippen LogP) is 3.20. The van der Waals surface area contributed by atoms with E-state index in [1.807, 2.05) is 24.3 Å². The van der Waals surface area contributed by atoms with Gasteiger partial charge in [-0.1, -0.05) is 12.1 Å². The lowest BCUT2D eigenvalue weighted by atomic mass is 9.85. The van der Waals surface area contributed by atoms with Gasteiger partial charge in [0.05, 0.1) is 32.5 Å². The molecule has 26 heavy (non-hydrogen) atoms. The van der Waals surface area contributed by atoms with E-state index in [0.717, 1.165) is 22.6 Å². The molecule has 136 valence electrons. The van der Waals surface area contributed by atoms with Gasteiger partial charge in [0.2, 0.25) is 6.79 Å². The summed E-state index contributed by atoms with van der Waals surface area (Å²) in [5, 5.41) is 10.1. The van der Waals surface area contributed by atoms with Crippen LogP contribution in [0.1, 0.15) is 23.3 Å². The number of fused-ring (bicyclic) bond motifs is 2. The zero-order chi connectivity index (χ0) is 17.7. The Morgan fingerprint density at radius 1 is 0.885 bits per heavy atom. The van der Waals surface area contributed by atoms with Crippen molar-refractivity contribution in [3.05, 3.63) is 47.5 Å². The van der Waals surface area contributed by atoms with E-state index < -0.39 is 0 Å². The molecule has 6 heteroatoms. The maximum Gasteiger partial charge on any atom is 0.231 e. The summed E-state index contributed by atoms with van der Waals surface area (Å²) in [6, 6.07) is 11.4. The summed E-state index contributed by atoms with van der Waals surface area (Å²) in [5.41, 5.74) is 2.04. The second-order valence-electron chi connectivity index (χ2n) is 6.88. The molecule has 4 atom stereocenters. The largest absolute Gasteiger partial charge is 0.504 e. The SMILES string of the molecule is COc1ccc([C@H]2OC[C@H]3[C@@H]2CO[C@@H]3c2ccc3c(c2)OCO3)cc1O. The van der Waals surface area contributed by atoms with Crippen LogP contribution in [0.4, 0.5) is 0 Å². The number of hydrogen-bond acceptors (Lipinski definition) is 6. The van der Waals surface area contributed by atoms with Crippen LogP contribution in [0.2, 0.25) is 0 Å². The van der Waals surface area contributed by atoms with Crippen molar-refractivity contribution in [1.29, 1.82) is 0 Å². The van der Waals surface area contributed by atoms with Crippen LogP contribution in [0.25, 0.3) is 0 Å². The van der Waals surface area contributed by atoms with Gasteiger partial charge in [0.15, 0.2) is 23.0 Å². The van der Waals surface area contributed by atoms with E-state index >= 15 is 0 Å². The summed E-state index contributed by atoms with van der Waals surface area (Å²) in [4.78, 5) is 0. The Labute approximate surface area is 151 Å². The first-order chi connectivity index (χ1) is 12.7. The third kappa shape index (κ3) is 2.40. The lowest BCUT2D eigenvalue weighted by molar-refractivity contribution is 0.0191. The normalized spacial score (nSPS) is 29.0.